The maximum Gasteiger partial charge on any atom is 2.00 e. The molecule has 1 heteroatoms. The van der Waals surface area contributed by atoms with Crippen LogP contribution in [0.1, 0.15) is 27.7 Å². The fourth-order valence-electron chi connectivity index (χ4n) is 1.49. The third-order valence-corrected chi connectivity index (χ3v) is 2.18. The van der Waals surface area contributed by atoms with E-state index in [4.69, 9.17) is 0 Å². The predicted molar refractivity (Wildman–Crippen MR) is 61.5 cm³/mol. The summed E-state index contributed by atoms with van der Waals surface area (Å²) < 4.78 is 0. The van der Waals surface area contributed by atoms with Gasteiger partial charge in [0, 0.05) is 0 Å². The van der Waals surface area contributed by atoms with E-state index in [9.17, 15) is 0 Å². The van der Waals surface area contributed by atoms with E-state index in [0.29, 0.717) is 11.8 Å². The molecule has 0 aromatic heterocycles. The van der Waals surface area contributed by atoms with Crippen LogP contribution in [0, 0.1) is 24.0 Å². The molecule has 2 aliphatic rings. The molecule has 0 aromatic rings. The Hall–Kier alpha value is -0.326. The number of hydrogen-bond acceptors (Lipinski definition) is 0. The molecule has 0 N–H and O–H groups in total. The van der Waals surface area contributed by atoms with E-state index in [1.807, 2.05) is 0 Å². The molecule has 0 saturated heterocycles. The van der Waals surface area contributed by atoms with Crippen molar-refractivity contribution in [2.45, 2.75) is 27.7 Å². The molecule has 0 aromatic carbocycles. The van der Waals surface area contributed by atoms with Gasteiger partial charge in [0.2, 0.25) is 0 Å². The van der Waals surface area contributed by atoms with Crippen LogP contribution in [0.3, 0.4) is 0 Å². The Morgan fingerprint density at radius 1 is 0.867 bits per heavy atom. The maximum absolute atomic E-state index is 3.22. The summed E-state index contributed by atoms with van der Waals surface area (Å²) in [6, 6.07) is 0. The zero-order chi connectivity index (χ0) is 10.6. The number of allylic oxidation sites excluding steroid dienone is 8. The smallest absolute Gasteiger partial charge is 0.267 e. The van der Waals surface area contributed by atoms with Gasteiger partial charge in [-0.15, -0.1) is 0 Å². The topological polar surface area (TPSA) is 0 Å². The van der Waals surface area contributed by atoms with Crippen molar-refractivity contribution in [3.05, 3.63) is 47.6 Å². The normalized spacial score (nSPS) is 26.4. The van der Waals surface area contributed by atoms with Gasteiger partial charge >= 0.3 is 21.7 Å². The Morgan fingerprint density at radius 3 is 1.27 bits per heavy atom. The molecule has 2 rings (SSSR count). The third kappa shape index (κ3) is 5.97. The Morgan fingerprint density at radius 2 is 1.20 bits per heavy atom. The Kier molecular flexibility index (Phi) is 6.88. The molecule has 2 atom stereocenters. The number of rotatable bonds is 0. The molecule has 0 amide bonds. The van der Waals surface area contributed by atoms with Crippen LogP contribution >= 0.6 is 0 Å². The molecule has 15 heavy (non-hydrogen) atoms. The molecule has 0 radical (unpaired) electrons. The molecule has 0 heterocycles. The van der Waals surface area contributed by atoms with Crippen molar-refractivity contribution < 1.29 is 21.7 Å². The van der Waals surface area contributed by atoms with Crippen LogP contribution in [-0.4, -0.2) is 0 Å². The van der Waals surface area contributed by atoms with Crippen molar-refractivity contribution in [3.8, 4) is 0 Å². The Labute approximate surface area is 109 Å². The van der Waals surface area contributed by atoms with Crippen LogP contribution in [0.5, 0.6) is 0 Å². The summed E-state index contributed by atoms with van der Waals surface area (Å²) >= 11 is 0. The van der Waals surface area contributed by atoms with E-state index in [-0.39, 0.29) is 21.7 Å². The van der Waals surface area contributed by atoms with E-state index >= 15 is 0 Å². The summed E-state index contributed by atoms with van der Waals surface area (Å²) in [5.41, 5.74) is 2.54. The summed E-state index contributed by atoms with van der Waals surface area (Å²) in [6.07, 6.45) is 14.9. The zero-order valence-corrected chi connectivity index (χ0v) is 11.5. The molecule has 0 fully saturated rings. The van der Waals surface area contributed by atoms with Gasteiger partial charge in [-0.2, -0.15) is 12.2 Å². The fraction of sp³-hybridized carbons (Fsp3) is 0.429. The molecule has 0 nitrogen and oxygen atoms in total. The summed E-state index contributed by atoms with van der Waals surface area (Å²) in [5, 5.41) is 0. The van der Waals surface area contributed by atoms with Crippen LogP contribution < -0.4 is 0 Å². The summed E-state index contributed by atoms with van der Waals surface area (Å²) in [7, 11) is 0. The van der Waals surface area contributed by atoms with Crippen molar-refractivity contribution in [2.24, 2.45) is 11.8 Å². The van der Waals surface area contributed by atoms with Crippen molar-refractivity contribution in [1.29, 1.82) is 0 Å². The first-order valence-corrected chi connectivity index (χ1v) is 5.14. The zero-order valence-electron chi connectivity index (χ0n) is 9.96. The maximum atomic E-state index is 3.22. The van der Waals surface area contributed by atoms with Crippen LogP contribution in [0.15, 0.2) is 35.5 Å². The summed E-state index contributed by atoms with van der Waals surface area (Å²) in [4.78, 5) is 0. The second-order valence-electron chi connectivity index (χ2n) is 3.95. The van der Waals surface area contributed by atoms with Gasteiger partial charge in [-0.1, -0.05) is 39.5 Å². The molecule has 2 unspecified atom stereocenters. The van der Waals surface area contributed by atoms with E-state index in [1.54, 1.807) is 0 Å². The van der Waals surface area contributed by atoms with E-state index in [0.717, 1.165) is 0 Å². The molecule has 0 saturated carbocycles. The first-order chi connectivity index (χ1) is 6.58. The molecule has 78 valence electrons. The van der Waals surface area contributed by atoms with Gasteiger partial charge in [0.15, 0.2) is 0 Å². The van der Waals surface area contributed by atoms with Crippen LogP contribution in [0.4, 0.5) is 0 Å². The predicted octanol–water partition coefficient (Wildman–Crippen LogP) is 3.88. The molecule has 2 aliphatic carbocycles. The average molecular weight is 234 g/mol. The Balaban J connectivity index is 0.000000245. The SMILES string of the molecule is CC1=[C-]C(C)C=C1.CC1=[C-]C(C)C=C1.[Ti+2]. The summed E-state index contributed by atoms with van der Waals surface area (Å²) in [5.74, 6) is 1.11. The standard InChI is InChI=1S/2C7H9.Ti/c2*1-6-3-4-7(2)5-6;/h2*3-4,6H,1-2H3;/q2*-1;+2. The number of hydrogen-bond donors (Lipinski definition) is 0. The van der Waals surface area contributed by atoms with Crippen LogP contribution in [0.2, 0.25) is 0 Å². The minimum Gasteiger partial charge on any atom is -0.267 e. The van der Waals surface area contributed by atoms with Gasteiger partial charge in [-0.05, 0) is 0 Å². The van der Waals surface area contributed by atoms with Crippen molar-refractivity contribution in [1.82, 2.24) is 0 Å². The minimum atomic E-state index is 0. The first kappa shape index (κ1) is 14.7. The van der Waals surface area contributed by atoms with Crippen molar-refractivity contribution in [3.63, 3.8) is 0 Å². The van der Waals surface area contributed by atoms with Gasteiger partial charge in [0.1, 0.15) is 0 Å². The molecule has 0 aliphatic heterocycles. The van der Waals surface area contributed by atoms with Crippen molar-refractivity contribution in [2.75, 3.05) is 0 Å². The quantitative estimate of drug-likeness (QED) is 0.440. The monoisotopic (exact) mass is 234 g/mol. The second-order valence-corrected chi connectivity index (χ2v) is 3.95. The van der Waals surface area contributed by atoms with Gasteiger partial charge in [-0.3, -0.25) is 12.2 Å². The van der Waals surface area contributed by atoms with E-state index < -0.39 is 0 Å². The van der Waals surface area contributed by atoms with E-state index in [1.165, 1.54) is 11.1 Å². The van der Waals surface area contributed by atoms with Gasteiger partial charge in [0.25, 0.3) is 0 Å². The fourth-order valence-corrected chi connectivity index (χ4v) is 1.49. The van der Waals surface area contributed by atoms with Gasteiger partial charge in [0.05, 0.1) is 0 Å². The summed E-state index contributed by atoms with van der Waals surface area (Å²) in [6.45, 7) is 8.40. The van der Waals surface area contributed by atoms with Crippen LogP contribution in [0.25, 0.3) is 0 Å². The minimum absolute atomic E-state index is 0. The molecular formula is C14H18Ti. The van der Waals surface area contributed by atoms with Crippen LogP contribution in [-0.2, 0) is 21.7 Å². The van der Waals surface area contributed by atoms with E-state index in [2.05, 4.69) is 64.2 Å². The van der Waals surface area contributed by atoms with Crippen molar-refractivity contribution >= 4 is 0 Å². The van der Waals surface area contributed by atoms with Gasteiger partial charge in [-0.25, -0.2) is 23.3 Å². The van der Waals surface area contributed by atoms with Gasteiger partial charge < -0.3 is 0 Å². The largest absolute Gasteiger partial charge is 2.00 e. The molecular weight excluding hydrogens is 216 g/mol. The second kappa shape index (κ2) is 7.03. The average Bonchev–Trinajstić information content (AvgIpc) is 2.63. The Bertz CT molecular complexity index is 273. The third-order valence-electron chi connectivity index (χ3n) is 2.18. The molecule has 0 spiro atoms. The first-order valence-electron chi connectivity index (χ1n) is 5.14. The molecule has 0 bridgehead atoms.